The highest BCUT2D eigenvalue weighted by Gasteiger charge is 2.49. The molecule has 2 atom stereocenters. The average molecular weight is 340 g/mol. The molecule has 2 aromatic carbocycles. The van der Waals surface area contributed by atoms with Crippen LogP contribution in [0.25, 0.3) is 11.1 Å². The maximum Gasteiger partial charge on any atom is 0.338 e. The first kappa shape index (κ1) is 17.5. The fourth-order valence-electron chi connectivity index (χ4n) is 2.78. The summed E-state index contributed by atoms with van der Waals surface area (Å²) in [5.74, 6) is 0.456. The van der Waals surface area contributed by atoms with Crippen LogP contribution in [0.5, 0.6) is 5.75 Å². The van der Waals surface area contributed by atoms with E-state index in [0.29, 0.717) is 0 Å². The van der Waals surface area contributed by atoms with Crippen molar-refractivity contribution in [2.24, 2.45) is 0 Å². The minimum atomic E-state index is -0.545. The number of aryl methyl sites for hydroxylation is 1. The molecule has 1 aliphatic heterocycles. The van der Waals surface area contributed by atoms with Crippen LogP contribution < -0.4 is 4.74 Å². The van der Waals surface area contributed by atoms with E-state index in [1.54, 1.807) is 7.11 Å². The van der Waals surface area contributed by atoms with Crippen molar-refractivity contribution in [2.75, 3.05) is 7.11 Å². The van der Waals surface area contributed by atoms with Crippen molar-refractivity contribution in [3.8, 4) is 16.9 Å². The molecule has 0 aliphatic carbocycles. The molecule has 132 valence electrons. The smallest absolute Gasteiger partial charge is 0.338 e. The van der Waals surface area contributed by atoms with Crippen molar-refractivity contribution in [3.05, 3.63) is 53.6 Å². The molecular formula is C21H24O4. The van der Waals surface area contributed by atoms with Crippen molar-refractivity contribution in [1.82, 2.24) is 0 Å². The zero-order valence-electron chi connectivity index (χ0n) is 15.3. The van der Waals surface area contributed by atoms with Gasteiger partial charge in [0.15, 0.2) is 6.10 Å². The summed E-state index contributed by atoms with van der Waals surface area (Å²) in [6, 6.07) is 14.1. The number of carbonyl (C=O) groups excluding carboxylic acids is 1. The van der Waals surface area contributed by atoms with Crippen LogP contribution in [0.15, 0.2) is 42.5 Å². The molecule has 0 saturated carbocycles. The Kier molecular flexibility index (Phi) is 4.56. The lowest BCUT2D eigenvalue weighted by Crippen LogP contribution is -2.26. The minimum absolute atomic E-state index is 0.281. The number of esters is 1. The lowest BCUT2D eigenvalue weighted by Gasteiger charge is -2.18. The van der Waals surface area contributed by atoms with E-state index in [2.05, 4.69) is 31.2 Å². The number of ether oxygens (including phenoxy) is 3. The number of benzene rings is 2. The Balaban J connectivity index is 1.90. The summed E-state index contributed by atoms with van der Waals surface area (Å²) in [5, 5.41) is 0. The molecule has 4 heteroatoms. The van der Waals surface area contributed by atoms with Crippen LogP contribution in [0.3, 0.4) is 0 Å². The third-order valence-corrected chi connectivity index (χ3v) is 4.06. The number of hydrogen-bond donors (Lipinski definition) is 0. The molecule has 0 N–H and O–H groups in total. The van der Waals surface area contributed by atoms with Crippen LogP contribution in [0, 0.1) is 6.92 Å². The van der Waals surface area contributed by atoms with E-state index in [-0.39, 0.29) is 12.1 Å². The molecule has 0 spiro atoms. The number of rotatable bonds is 4. The molecule has 1 aliphatic rings. The predicted molar refractivity (Wildman–Crippen MR) is 96.6 cm³/mol. The van der Waals surface area contributed by atoms with Gasteiger partial charge >= 0.3 is 5.97 Å². The summed E-state index contributed by atoms with van der Waals surface area (Å²) in [7, 11) is 1.64. The van der Waals surface area contributed by atoms with Crippen molar-refractivity contribution in [2.45, 2.75) is 45.5 Å². The van der Waals surface area contributed by atoms with Crippen LogP contribution in [0.2, 0.25) is 0 Å². The summed E-state index contributed by atoms with van der Waals surface area (Å²) >= 11 is 0. The Hall–Kier alpha value is -2.33. The Labute approximate surface area is 148 Å². The van der Waals surface area contributed by atoms with Crippen molar-refractivity contribution in [3.63, 3.8) is 0 Å². The van der Waals surface area contributed by atoms with Crippen LogP contribution in [0.4, 0.5) is 0 Å². The van der Waals surface area contributed by atoms with Gasteiger partial charge in [0.1, 0.15) is 17.5 Å². The van der Waals surface area contributed by atoms with E-state index in [0.717, 1.165) is 22.4 Å². The Bertz CT molecular complexity index is 771. The van der Waals surface area contributed by atoms with Gasteiger partial charge in [-0.1, -0.05) is 35.9 Å². The zero-order chi connectivity index (χ0) is 18.2. The highest BCUT2D eigenvalue weighted by Crippen LogP contribution is 2.45. The maximum absolute atomic E-state index is 12.2. The van der Waals surface area contributed by atoms with Gasteiger partial charge in [-0.15, -0.1) is 0 Å². The molecule has 0 aromatic heterocycles. The third kappa shape index (κ3) is 4.02. The summed E-state index contributed by atoms with van der Waals surface area (Å²) < 4.78 is 16.4. The fourth-order valence-corrected chi connectivity index (χ4v) is 2.78. The summed E-state index contributed by atoms with van der Waals surface area (Å²) in [6.07, 6.45) is -0.825. The molecule has 25 heavy (non-hydrogen) atoms. The quantitative estimate of drug-likeness (QED) is 0.609. The van der Waals surface area contributed by atoms with E-state index < -0.39 is 11.7 Å². The molecule has 1 heterocycles. The predicted octanol–water partition coefficient (Wildman–Crippen LogP) is 4.45. The van der Waals surface area contributed by atoms with E-state index >= 15 is 0 Å². The lowest BCUT2D eigenvalue weighted by atomic mass is 9.95. The number of hydrogen-bond acceptors (Lipinski definition) is 4. The molecule has 1 fully saturated rings. The lowest BCUT2D eigenvalue weighted by molar-refractivity contribution is -0.156. The fraction of sp³-hybridized carbons (Fsp3) is 0.381. The Morgan fingerprint density at radius 1 is 1.08 bits per heavy atom. The van der Waals surface area contributed by atoms with E-state index in [1.165, 1.54) is 5.56 Å². The van der Waals surface area contributed by atoms with Gasteiger partial charge in [-0.25, -0.2) is 4.79 Å². The summed E-state index contributed by atoms with van der Waals surface area (Å²) in [5.41, 5.74) is 3.73. The first-order valence-electron chi connectivity index (χ1n) is 8.42. The van der Waals surface area contributed by atoms with Crippen LogP contribution in [-0.4, -0.2) is 24.8 Å². The number of methoxy groups -OCH3 is 1. The third-order valence-electron chi connectivity index (χ3n) is 4.06. The van der Waals surface area contributed by atoms with Gasteiger partial charge in [0.25, 0.3) is 0 Å². The van der Waals surface area contributed by atoms with Crippen molar-refractivity contribution >= 4 is 5.97 Å². The molecule has 1 saturated heterocycles. The second-order valence-electron chi connectivity index (χ2n) is 7.33. The van der Waals surface area contributed by atoms with Gasteiger partial charge in [0.05, 0.1) is 7.11 Å². The summed E-state index contributed by atoms with van der Waals surface area (Å²) in [4.78, 5) is 12.2. The minimum Gasteiger partial charge on any atom is -0.497 e. The monoisotopic (exact) mass is 340 g/mol. The van der Waals surface area contributed by atoms with Gasteiger partial charge in [-0.2, -0.15) is 0 Å². The normalized spacial score (nSPS) is 19.4. The Morgan fingerprint density at radius 2 is 1.76 bits per heavy atom. The second kappa shape index (κ2) is 6.52. The van der Waals surface area contributed by atoms with Crippen LogP contribution in [0.1, 0.15) is 38.0 Å². The highest BCUT2D eigenvalue weighted by atomic mass is 16.6. The van der Waals surface area contributed by atoms with Gasteiger partial charge in [-0.05, 0) is 56.5 Å². The number of carbonyl (C=O) groups is 1. The van der Waals surface area contributed by atoms with Gasteiger partial charge < -0.3 is 14.2 Å². The molecular weight excluding hydrogens is 316 g/mol. The summed E-state index contributed by atoms with van der Waals surface area (Å²) in [6.45, 7) is 7.62. The van der Waals surface area contributed by atoms with Crippen molar-refractivity contribution < 1.29 is 19.0 Å². The van der Waals surface area contributed by atoms with E-state index in [1.807, 2.05) is 39.0 Å². The van der Waals surface area contributed by atoms with Crippen LogP contribution >= 0.6 is 0 Å². The molecule has 0 amide bonds. The van der Waals surface area contributed by atoms with Gasteiger partial charge in [-0.3, -0.25) is 0 Å². The topological polar surface area (TPSA) is 48.1 Å². The van der Waals surface area contributed by atoms with Crippen molar-refractivity contribution in [1.29, 1.82) is 0 Å². The second-order valence-corrected chi connectivity index (χ2v) is 7.33. The molecule has 3 rings (SSSR count). The standard InChI is InChI=1S/C21H24O4/c1-13-6-8-14(9-7-13)17-12-15(23-5)10-11-16(17)18-19(24-18)20(22)25-21(2,3)4/h6-12,18-19H,1-5H3. The van der Waals surface area contributed by atoms with E-state index in [4.69, 9.17) is 14.2 Å². The zero-order valence-corrected chi connectivity index (χ0v) is 15.3. The SMILES string of the molecule is COc1ccc(C2OC2C(=O)OC(C)(C)C)c(-c2ccc(C)cc2)c1. The highest BCUT2D eigenvalue weighted by molar-refractivity contribution is 5.80. The average Bonchev–Trinajstić information content (AvgIpc) is 3.34. The molecule has 0 bridgehead atoms. The largest absolute Gasteiger partial charge is 0.497 e. The van der Waals surface area contributed by atoms with Gasteiger partial charge in [0, 0.05) is 0 Å². The molecule has 2 aromatic rings. The molecule has 2 unspecified atom stereocenters. The number of epoxide rings is 1. The van der Waals surface area contributed by atoms with Gasteiger partial charge in [0.2, 0.25) is 0 Å². The first-order chi connectivity index (χ1) is 11.8. The van der Waals surface area contributed by atoms with E-state index in [9.17, 15) is 4.79 Å². The maximum atomic E-state index is 12.2. The molecule has 0 radical (unpaired) electrons. The van der Waals surface area contributed by atoms with Crippen LogP contribution in [-0.2, 0) is 14.3 Å². The molecule has 4 nitrogen and oxygen atoms in total. The Morgan fingerprint density at radius 3 is 2.36 bits per heavy atom. The first-order valence-corrected chi connectivity index (χ1v) is 8.42.